The predicted octanol–water partition coefficient (Wildman–Crippen LogP) is 5.02. The zero-order valence-corrected chi connectivity index (χ0v) is 15.8. The van der Waals surface area contributed by atoms with E-state index in [1.807, 2.05) is 18.2 Å². The Kier molecular flexibility index (Phi) is 4.64. The molecule has 3 aromatic heterocycles. The van der Waals surface area contributed by atoms with E-state index in [9.17, 15) is 4.79 Å². The number of fused-ring (bicyclic) bond motifs is 1. The molecule has 0 saturated heterocycles. The first-order valence-corrected chi connectivity index (χ1v) is 9.39. The molecule has 3 heterocycles. The Morgan fingerprint density at radius 1 is 1.07 bits per heavy atom. The fraction of sp³-hybridized carbons (Fsp3) is 0.143. The van der Waals surface area contributed by atoms with Crippen molar-refractivity contribution in [2.24, 2.45) is 0 Å². The molecule has 0 spiro atoms. The molecule has 136 valence electrons. The highest BCUT2D eigenvalue weighted by Gasteiger charge is 2.17. The number of thiazole rings is 1. The van der Waals surface area contributed by atoms with Crippen LogP contribution in [0.15, 0.2) is 57.4 Å². The standard InChI is InChI=1S/C21H18NO4S/c1-3-22-15-6-4-5-7-19(15)27-20(22)13-9-14-8-10-16(25-14)17-11-12-18(26-17)21(23)24-2/h4-13H,3H2,1-2H3/q+1/b13-9+. The summed E-state index contributed by atoms with van der Waals surface area (Å²) in [7, 11) is 1.32. The minimum Gasteiger partial charge on any atom is -0.463 e. The number of carbonyl (C=O) groups excluding carboxylic acids is 1. The Morgan fingerprint density at radius 3 is 2.67 bits per heavy atom. The molecule has 0 atom stereocenters. The molecule has 0 aliphatic rings. The molecule has 27 heavy (non-hydrogen) atoms. The molecule has 1 aromatic carbocycles. The highest BCUT2D eigenvalue weighted by Crippen LogP contribution is 2.26. The second-order valence-corrected chi connectivity index (χ2v) is 6.91. The minimum atomic E-state index is -0.512. The molecule has 0 N–H and O–H groups in total. The smallest absolute Gasteiger partial charge is 0.373 e. The third kappa shape index (κ3) is 3.31. The summed E-state index contributed by atoms with van der Waals surface area (Å²) in [5.41, 5.74) is 1.23. The number of methoxy groups -OCH3 is 1. The topological polar surface area (TPSA) is 56.5 Å². The van der Waals surface area contributed by atoms with Gasteiger partial charge in [0.1, 0.15) is 17.0 Å². The SMILES string of the molecule is CC[n+]1c(/C=C/c2ccc(-c3ccc(C(=O)OC)o3)o2)sc2ccccc21. The molecular weight excluding hydrogens is 362 g/mol. The second-order valence-electron chi connectivity index (χ2n) is 5.84. The molecular formula is C21H18NO4S+. The lowest BCUT2D eigenvalue weighted by atomic mass is 10.3. The van der Waals surface area contributed by atoms with Gasteiger partial charge < -0.3 is 13.6 Å². The Hall–Kier alpha value is -3.12. The number of benzene rings is 1. The van der Waals surface area contributed by atoms with E-state index in [2.05, 4.69) is 46.6 Å². The highest BCUT2D eigenvalue weighted by atomic mass is 32.1. The molecule has 0 fully saturated rings. The van der Waals surface area contributed by atoms with Gasteiger partial charge in [0.05, 0.1) is 7.11 Å². The molecule has 4 rings (SSSR count). The minimum absolute atomic E-state index is 0.148. The van der Waals surface area contributed by atoms with Crippen LogP contribution in [0.2, 0.25) is 0 Å². The van der Waals surface area contributed by atoms with Crippen molar-refractivity contribution in [3.8, 4) is 11.5 Å². The van der Waals surface area contributed by atoms with Crippen molar-refractivity contribution in [2.75, 3.05) is 7.11 Å². The van der Waals surface area contributed by atoms with E-state index in [0.717, 1.165) is 11.6 Å². The number of hydrogen-bond donors (Lipinski definition) is 0. The number of ether oxygens (including phenoxy) is 1. The molecule has 0 aliphatic heterocycles. The van der Waals surface area contributed by atoms with Crippen LogP contribution in [0.3, 0.4) is 0 Å². The number of para-hydroxylation sites is 1. The van der Waals surface area contributed by atoms with Crippen molar-refractivity contribution in [3.05, 3.63) is 65.1 Å². The second kappa shape index (κ2) is 7.25. The van der Waals surface area contributed by atoms with Gasteiger partial charge in [0, 0.05) is 12.1 Å². The molecule has 0 unspecified atom stereocenters. The van der Waals surface area contributed by atoms with Crippen LogP contribution in [0.1, 0.15) is 28.2 Å². The summed E-state index contributed by atoms with van der Waals surface area (Å²) in [5.74, 6) is 1.39. The maximum atomic E-state index is 11.5. The summed E-state index contributed by atoms with van der Waals surface area (Å²) >= 11 is 1.74. The maximum Gasteiger partial charge on any atom is 0.373 e. The number of nitrogens with zero attached hydrogens (tertiary/aromatic N) is 1. The van der Waals surface area contributed by atoms with Crippen LogP contribution in [0.4, 0.5) is 0 Å². The summed E-state index contributed by atoms with van der Waals surface area (Å²) in [6.45, 7) is 3.03. The lowest BCUT2D eigenvalue weighted by molar-refractivity contribution is -0.665. The quantitative estimate of drug-likeness (QED) is 0.360. The van der Waals surface area contributed by atoms with E-state index in [-0.39, 0.29) is 5.76 Å². The van der Waals surface area contributed by atoms with Crippen LogP contribution in [0.5, 0.6) is 0 Å². The number of aryl methyl sites for hydroxylation is 1. The predicted molar refractivity (Wildman–Crippen MR) is 104 cm³/mol. The van der Waals surface area contributed by atoms with Gasteiger partial charge in [-0.2, -0.15) is 4.57 Å². The molecule has 0 amide bonds. The molecule has 5 nitrogen and oxygen atoms in total. The maximum absolute atomic E-state index is 11.5. The average molecular weight is 380 g/mol. The summed E-state index contributed by atoms with van der Waals surface area (Å²) < 4.78 is 19.5. The van der Waals surface area contributed by atoms with Gasteiger partial charge in [0.25, 0.3) is 5.01 Å². The van der Waals surface area contributed by atoms with Crippen molar-refractivity contribution < 1.29 is 22.9 Å². The molecule has 6 heteroatoms. The average Bonchev–Trinajstić information content (AvgIpc) is 3.42. The summed E-state index contributed by atoms with van der Waals surface area (Å²) in [4.78, 5) is 11.5. The van der Waals surface area contributed by atoms with E-state index in [1.54, 1.807) is 23.5 Å². The summed E-state index contributed by atoms with van der Waals surface area (Å²) in [5, 5.41) is 1.16. The van der Waals surface area contributed by atoms with Crippen LogP contribution < -0.4 is 4.57 Å². The van der Waals surface area contributed by atoms with Gasteiger partial charge in [-0.1, -0.05) is 23.5 Å². The normalized spacial score (nSPS) is 11.5. The number of hydrogen-bond acceptors (Lipinski definition) is 5. The molecule has 4 aromatic rings. The summed E-state index contributed by atoms with van der Waals surface area (Å²) in [6, 6.07) is 15.3. The van der Waals surface area contributed by atoms with Gasteiger partial charge in [-0.15, -0.1) is 0 Å². The van der Waals surface area contributed by atoms with Gasteiger partial charge in [0.2, 0.25) is 11.3 Å². The third-order valence-electron chi connectivity index (χ3n) is 4.21. The van der Waals surface area contributed by atoms with Crippen molar-refractivity contribution in [3.63, 3.8) is 0 Å². The molecule has 0 saturated carbocycles. The Bertz CT molecular complexity index is 1130. The van der Waals surface area contributed by atoms with Gasteiger partial charge in [-0.25, -0.2) is 4.79 Å². The number of carbonyl (C=O) groups is 1. The van der Waals surface area contributed by atoms with Crippen molar-refractivity contribution in [1.29, 1.82) is 0 Å². The van der Waals surface area contributed by atoms with Gasteiger partial charge in [0.15, 0.2) is 11.5 Å². The first-order chi connectivity index (χ1) is 13.2. The Labute approximate surface area is 160 Å². The van der Waals surface area contributed by atoms with E-state index in [4.69, 9.17) is 8.83 Å². The number of rotatable bonds is 5. The van der Waals surface area contributed by atoms with Crippen LogP contribution in [0, 0.1) is 0 Å². The van der Waals surface area contributed by atoms with Gasteiger partial charge >= 0.3 is 5.97 Å². The van der Waals surface area contributed by atoms with Crippen molar-refractivity contribution in [2.45, 2.75) is 13.5 Å². The molecule has 0 bridgehead atoms. The Morgan fingerprint density at radius 2 is 1.85 bits per heavy atom. The monoisotopic (exact) mass is 380 g/mol. The molecule has 0 radical (unpaired) electrons. The number of aromatic nitrogens is 1. The number of furan rings is 2. The van der Waals surface area contributed by atoms with Gasteiger partial charge in [-0.05, 0) is 43.3 Å². The zero-order chi connectivity index (χ0) is 18.8. The van der Waals surface area contributed by atoms with E-state index in [1.165, 1.54) is 17.3 Å². The van der Waals surface area contributed by atoms with E-state index in [0.29, 0.717) is 17.3 Å². The van der Waals surface area contributed by atoms with Crippen LogP contribution in [0.25, 0.3) is 33.9 Å². The Balaban J connectivity index is 1.59. The van der Waals surface area contributed by atoms with Crippen LogP contribution in [-0.2, 0) is 11.3 Å². The molecule has 0 aliphatic carbocycles. The first-order valence-electron chi connectivity index (χ1n) is 8.57. The fourth-order valence-electron chi connectivity index (χ4n) is 2.91. The first kappa shape index (κ1) is 17.3. The number of esters is 1. The zero-order valence-electron chi connectivity index (χ0n) is 15.0. The highest BCUT2D eigenvalue weighted by molar-refractivity contribution is 7.18. The summed E-state index contributed by atoms with van der Waals surface area (Å²) in [6.07, 6.45) is 3.99. The fourth-order valence-corrected chi connectivity index (χ4v) is 4.04. The van der Waals surface area contributed by atoms with Crippen LogP contribution in [-0.4, -0.2) is 13.1 Å². The third-order valence-corrected chi connectivity index (χ3v) is 5.34. The lowest BCUT2D eigenvalue weighted by Crippen LogP contribution is -2.33. The lowest BCUT2D eigenvalue weighted by Gasteiger charge is -1.93. The van der Waals surface area contributed by atoms with Crippen molar-refractivity contribution >= 4 is 39.7 Å². The van der Waals surface area contributed by atoms with Crippen LogP contribution >= 0.6 is 11.3 Å². The van der Waals surface area contributed by atoms with E-state index >= 15 is 0 Å². The van der Waals surface area contributed by atoms with Gasteiger partial charge in [-0.3, -0.25) is 0 Å². The largest absolute Gasteiger partial charge is 0.463 e. The van der Waals surface area contributed by atoms with Crippen molar-refractivity contribution in [1.82, 2.24) is 0 Å². The van der Waals surface area contributed by atoms with E-state index < -0.39 is 5.97 Å².